The Labute approximate surface area is 237 Å². The quantitative estimate of drug-likeness (QED) is 0.214. The third-order valence-electron chi connectivity index (χ3n) is 5.87. The first kappa shape index (κ1) is 35.3. The number of nitrogen functional groups attached to an aromatic ring is 2. The number of nitrogens with two attached hydrogens (primary N) is 2. The van der Waals surface area contributed by atoms with Gasteiger partial charge >= 0.3 is 37.1 Å². The van der Waals surface area contributed by atoms with Gasteiger partial charge in [0.1, 0.15) is 0 Å². The molecule has 4 N–H and O–H groups in total. The number of hydrogen-bond donors (Lipinski definition) is 2. The topological polar surface area (TPSA) is 55.3 Å². The van der Waals surface area contributed by atoms with Gasteiger partial charge in [0, 0.05) is 17.1 Å². The lowest BCUT2D eigenvalue weighted by atomic mass is 9.91. The summed E-state index contributed by atoms with van der Waals surface area (Å²) in [6.07, 6.45) is -38.8. The Morgan fingerprint density at radius 3 is 0.933 bits per heavy atom. The fourth-order valence-corrected chi connectivity index (χ4v) is 4.39. The molecule has 0 saturated heterocycles. The minimum absolute atomic E-state index is 0.230. The Hall–Kier alpha value is -4.20. The third kappa shape index (κ3) is 6.75. The van der Waals surface area contributed by atoms with Gasteiger partial charge in [-0.15, -0.1) is 0 Å². The van der Waals surface area contributed by atoms with Crippen molar-refractivity contribution in [2.75, 3.05) is 16.4 Å². The predicted octanol–water partition coefficient (Wildman–Crippen LogP) is 10.4. The molecule has 248 valence electrons. The standard InChI is InChI=1S/C24H11F18N3/c25-19(26,27)9-6-11(43)13(21(31,32)33)15(23(37,38)39)17(9)45(8-4-2-1-3-5-8)18-10(20(28,29)30)7-12(44)14(22(34,35)36)16(18)24(40,41)42/h1-7H,43-44H2. The average Bonchev–Trinajstić information content (AvgIpc) is 2.81. The molecule has 3 nitrogen and oxygen atoms in total. The molecule has 0 bridgehead atoms. The van der Waals surface area contributed by atoms with Gasteiger partial charge in [-0.25, -0.2) is 0 Å². The second-order valence-electron chi connectivity index (χ2n) is 8.88. The van der Waals surface area contributed by atoms with Gasteiger partial charge in [0.15, 0.2) is 0 Å². The Kier molecular flexibility index (Phi) is 8.40. The van der Waals surface area contributed by atoms with Gasteiger partial charge in [-0.05, 0) is 24.3 Å². The van der Waals surface area contributed by atoms with E-state index in [4.69, 9.17) is 11.5 Å². The first-order valence-electron chi connectivity index (χ1n) is 11.2. The van der Waals surface area contributed by atoms with Gasteiger partial charge in [0.2, 0.25) is 0 Å². The Morgan fingerprint density at radius 2 is 0.689 bits per heavy atom. The van der Waals surface area contributed by atoms with Crippen molar-refractivity contribution in [2.45, 2.75) is 37.1 Å². The summed E-state index contributed by atoms with van der Waals surface area (Å²) < 4.78 is 255. The number of rotatable bonds is 3. The van der Waals surface area contributed by atoms with Crippen molar-refractivity contribution < 1.29 is 79.0 Å². The van der Waals surface area contributed by atoms with Gasteiger partial charge in [-0.3, -0.25) is 0 Å². The van der Waals surface area contributed by atoms with Crippen molar-refractivity contribution in [3.63, 3.8) is 0 Å². The lowest BCUT2D eigenvalue weighted by Gasteiger charge is -2.36. The number of anilines is 5. The van der Waals surface area contributed by atoms with Gasteiger partial charge in [0.05, 0.1) is 44.8 Å². The van der Waals surface area contributed by atoms with Crippen molar-refractivity contribution >= 4 is 28.4 Å². The average molecular weight is 683 g/mol. The van der Waals surface area contributed by atoms with Crippen LogP contribution in [0.1, 0.15) is 33.4 Å². The number of alkyl halides is 18. The second kappa shape index (κ2) is 10.7. The van der Waals surface area contributed by atoms with Gasteiger partial charge < -0.3 is 16.4 Å². The summed E-state index contributed by atoms with van der Waals surface area (Å²) in [4.78, 5) is -1.28. The van der Waals surface area contributed by atoms with Crippen LogP contribution in [0, 0.1) is 0 Å². The highest BCUT2D eigenvalue weighted by molar-refractivity contribution is 5.89. The SMILES string of the molecule is Nc1cc(C(F)(F)F)c(N(c2ccccc2)c2c(C(F)(F)F)cc(N)c(C(F)(F)F)c2C(F)(F)F)c(C(F)(F)F)c1C(F)(F)F. The number of nitrogens with zero attached hydrogens (tertiary/aromatic N) is 1. The molecule has 0 spiro atoms. The van der Waals surface area contributed by atoms with Crippen molar-refractivity contribution in [1.29, 1.82) is 0 Å². The van der Waals surface area contributed by atoms with Crippen LogP contribution >= 0.6 is 0 Å². The number of benzene rings is 3. The molecule has 0 fully saturated rings. The minimum atomic E-state index is -6.71. The van der Waals surface area contributed by atoms with E-state index in [9.17, 15) is 79.0 Å². The Bertz CT molecular complexity index is 1470. The summed E-state index contributed by atoms with van der Waals surface area (Å²) >= 11 is 0. The van der Waals surface area contributed by atoms with Crippen LogP contribution in [-0.4, -0.2) is 0 Å². The Balaban J connectivity index is 2.95. The zero-order valence-corrected chi connectivity index (χ0v) is 20.9. The molecule has 45 heavy (non-hydrogen) atoms. The van der Waals surface area contributed by atoms with Gasteiger partial charge in [0.25, 0.3) is 0 Å². The maximum absolute atomic E-state index is 14.4. The molecule has 0 aliphatic carbocycles. The fourth-order valence-electron chi connectivity index (χ4n) is 4.39. The van der Waals surface area contributed by atoms with E-state index in [1.54, 1.807) is 0 Å². The molecular formula is C24H11F18N3. The zero-order valence-electron chi connectivity index (χ0n) is 20.9. The van der Waals surface area contributed by atoms with E-state index in [1.165, 1.54) is 0 Å². The molecular weight excluding hydrogens is 672 g/mol. The molecule has 0 atom stereocenters. The highest BCUT2D eigenvalue weighted by atomic mass is 19.4. The summed E-state index contributed by atoms with van der Waals surface area (Å²) in [6, 6.07) is 0.792. The van der Waals surface area contributed by atoms with Crippen molar-refractivity contribution in [3.05, 3.63) is 75.8 Å². The molecule has 0 aromatic heterocycles. The molecule has 0 saturated carbocycles. The monoisotopic (exact) mass is 683 g/mol. The lowest BCUT2D eigenvalue weighted by Crippen LogP contribution is -2.31. The van der Waals surface area contributed by atoms with E-state index in [-0.39, 0.29) is 12.1 Å². The molecule has 3 aromatic carbocycles. The van der Waals surface area contributed by atoms with E-state index in [1.807, 2.05) is 0 Å². The predicted molar refractivity (Wildman–Crippen MR) is 120 cm³/mol. The van der Waals surface area contributed by atoms with Crippen LogP contribution in [0.15, 0.2) is 42.5 Å². The fraction of sp³-hybridized carbons (Fsp3) is 0.250. The van der Waals surface area contributed by atoms with Crippen LogP contribution < -0.4 is 16.4 Å². The van der Waals surface area contributed by atoms with Crippen molar-refractivity contribution in [1.82, 2.24) is 0 Å². The third-order valence-corrected chi connectivity index (χ3v) is 5.87. The van der Waals surface area contributed by atoms with Crippen LogP contribution in [-0.2, 0) is 37.1 Å². The van der Waals surface area contributed by atoms with Crippen LogP contribution in [0.25, 0.3) is 0 Å². The molecule has 0 unspecified atom stereocenters. The lowest BCUT2D eigenvalue weighted by molar-refractivity contribution is -0.163. The molecule has 0 aliphatic heterocycles. The van der Waals surface area contributed by atoms with Crippen LogP contribution in [0.2, 0.25) is 0 Å². The molecule has 21 heteroatoms. The second-order valence-corrected chi connectivity index (χ2v) is 8.88. The summed E-state index contributed by atoms with van der Waals surface area (Å²) in [6.45, 7) is 0. The number of halogens is 18. The van der Waals surface area contributed by atoms with E-state index >= 15 is 0 Å². The molecule has 0 heterocycles. The highest BCUT2D eigenvalue weighted by Crippen LogP contribution is 2.59. The smallest absolute Gasteiger partial charge is 0.398 e. The van der Waals surface area contributed by atoms with Gasteiger partial charge in [-0.1, -0.05) is 18.2 Å². The molecule has 0 radical (unpaired) electrons. The summed E-state index contributed by atoms with van der Waals surface area (Å²) in [7, 11) is 0. The first-order chi connectivity index (χ1) is 20.0. The van der Waals surface area contributed by atoms with Crippen LogP contribution in [0.3, 0.4) is 0 Å². The number of para-hydroxylation sites is 1. The maximum Gasteiger partial charge on any atom is 0.419 e. The summed E-state index contributed by atoms with van der Waals surface area (Å²) in [5, 5.41) is 0. The van der Waals surface area contributed by atoms with Crippen molar-refractivity contribution in [2.24, 2.45) is 0 Å². The summed E-state index contributed by atoms with van der Waals surface area (Å²) in [5.74, 6) is 0. The minimum Gasteiger partial charge on any atom is -0.398 e. The van der Waals surface area contributed by atoms with E-state index in [0.717, 1.165) is 6.07 Å². The van der Waals surface area contributed by atoms with Crippen LogP contribution in [0.5, 0.6) is 0 Å². The largest absolute Gasteiger partial charge is 0.419 e. The molecule has 0 aliphatic rings. The maximum atomic E-state index is 14.4. The van der Waals surface area contributed by atoms with E-state index in [2.05, 4.69) is 0 Å². The Morgan fingerprint density at radius 1 is 0.400 bits per heavy atom. The van der Waals surface area contributed by atoms with Gasteiger partial charge in [-0.2, -0.15) is 79.0 Å². The number of hydrogen-bond acceptors (Lipinski definition) is 3. The van der Waals surface area contributed by atoms with E-state index in [0.29, 0.717) is 12.1 Å². The highest BCUT2D eigenvalue weighted by Gasteiger charge is 2.55. The molecule has 0 amide bonds. The first-order valence-corrected chi connectivity index (χ1v) is 11.2. The molecule has 3 rings (SSSR count). The zero-order chi connectivity index (χ0) is 34.9. The van der Waals surface area contributed by atoms with Crippen LogP contribution in [0.4, 0.5) is 107 Å². The molecule has 3 aromatic rings. The van der Waals surface area contributed by atoms with E-state index < -0.39 is 116 Å². The van der Waals surface area contributed by atoms with Crippen molar-refractivity contribution in [3.8, 4) is 0 Å². The normalized spacial score (nSPS) is 13.7. The summed E-state index contributed by atoms with van der Waals surface area (Å²) in [5.41, 5.74) is -22.1.